The van der Waals surface area contributed by atoms with Gasteiger partial charge in [0.1, 0.15) is 5.75 Å². The molecular formula is C15H13NO2. The molecule has 90 valence electrons. The van der Waals surface area contributed by atoms with E-state index in [1.807, 2.05) is 42.5 Å². The maximum absolute atomic E-state index is 11.0. The lowest BCUT2D eigenvalue weighted by Gasteiger charge is -2.04. The monoisotopic (exact) mass is 239 g/mol. The molecule has 0 radical (unpaired) electrons. The Balaban J connectivity index is 2.23. The molecule has 3 heteroatoms. The molecule has 1 aromatic carbocycles. The molecule has 0 bridgehead atoms. The Labute approximate surface area is 106 Å². The second-order valence-electron chi connectivity index (χ2n) is 3.75. The molecular weight excluding hydrogens is 226 g/mol. The molecule has 3 nitrogen and oxygen atoms in total. The van der Waals surface area contributed by atoms with Crippen LogP contribution in [0.5, 0.6) is 5.75 Å². The van der Waals surface area contributed by atoms with Crippen molar-refractivity contribution in [3.63, 3.8) is 0 Å². The second-order valence-corrected chi connectivity index (χ2v) is 3.75. The predicted octanol–water partition coefficient (Wildman–Crippen LogP) is 3.18. The number of pyridine rings is 1. The van der Waals surface area contributed by atoms with E-state index in [1.54, 1.807) is 18.5 Å². The molecule has 0 saturated heterocycles. The van der Waals surface area contributed by atoms with Crippen LogP contribution in [-0.4, -0.2) is 11.0 Å². The van der Waals surface area contributed by atoms with Gasteiger partial charge in [0.2, 0.25) is 0 Å². The van der Waals surface area contributed by atoms with Crippen molar-refractivity contribution in [2.75, 3.05) is 0 Å². The molecule has 18 heavy (non-hydrogen) atoms. The number of aromatic nitrogens is 1. The van der Waals surface area contributed by atoms with Crippen LogP contribution in [0.3, 0.4) is 0 Å². The molecule has 0 spiro atoms. The molecule has 1 aromatic heterocycles. The number of nitrogens with zero attached hydrogens (tertiary/aromatic N) is 1. The number of carbonyl (C=O) groups excluding carboxylic acids is 1. The molecule has 0 N–H and O–H groups in total. The molecule has 0 atom stereocenters. The Kier molecular flexibility index (Phi) is 3.86. The van der Waals surface area contributed by atoms with E-state index in [0.29, 0.717) is 5.75 Å². The van der Waals surface area contributed by atoms with Crippen LogP contribution < -0.4 is 4.74 Å². The third kappa shape index (κ3) is 3.28. The minimum absolute atomic E-state index is 0.320. The summed E-state index contributed by atoms with van der Waals surface area (Å²) in [7, 11) is 0. The van der Waals surface area contributed by atoms with E-state index in [2.05, 4.69) is 4.98 Å². The third-order valence-electron chi connectivity index (χ3n) is 2.33. The van der Waals surface area contributed by atoms with Gasteiger partial charge in [-0.15, -0.1) is 0 Å². The summed E-state index contributed by atoms with van der Waals surface area (Å²) in [5.74, 6) is 0.245. The summed E-state index contributed by atoms with van der Waals surface area (Å²) in [5, 5.41) is 0. The first-order chi connectivity index (χ1) is 8.75. The number of rotatable bonds is 3. The maximum Gasteiger partial charge on any atom is 0.308 e. The first-order valence-corrected chi connectivity index (χ1v) is 5.61. The van der Waals surface area contributed by atoms with Crippen molar-refractivity contribution < 1.29 is 9.53 Å². The van der Waals surface area contributed by atoms with Crippen molar-refractivity contribution in [3.05, 3.63) is 59.9 Å². The zero-order valence-electron chi connectivity index (χ0n) is 10.0. The van der Waals surface area contributed by atoms with Gasteiger partial charge in [-0.2, -0.15) is 0 Å². The maximum atomic E-state index is 11.0. The third-order valence-corrected chi connectivity index (χ3v) is 2.33. The average Bonchev–Trinajstić information content (AvgIpc) is 2.38. The van der Waals surface area contributed by atoms with Crippen LogP contribution in [0.15, 0.2) is 48.8 Å². The highest BCUT2D eigenvalue weighted by Crippen LogP contribution is 2.20. The van der Waals surface area contributed by atoms with Gasteiger partial charge in [0.25, 0.3) is 0 Å². The highest BCUT2D eigenvalue weighted by molar-refractivity contribution is 5.76. The van der Waals surface area contributed by atoms with E-state index in [1.165, 1.54) is 6.92 Å². The zero-order valence-corrected chi connectivity index (χ0v) is 10.0. The van der Waals surface area contributed by atoms with Gasteiger partial charge in [0, 0.05) is 24.9 Å². The van der Waals surface area contributed by atoms with Crippen LogP contribution in [0.4, 0.5) is 0 Å². The summed E-state index contributed by atoms with van der Waals surface area (Å²) < 4.78 is 5.13. The van der Waals surface area contributed by atoms with Gasteiger partial charge in [-0.1, -0.05) is 30.4 Å². The SMILES string of the molecule is CC(=O)Oc1ccccc1C=Cc1ccncc1. The van der Waals surface area contributed by atoms with E-state index < -0.39 is 0 Å². The van der Waals surface area contributed by atoms with Gasteiger partial charge < -0.3 is 4.74 Å². The molecule has 1 heterocycles. The number of hydrogen-bond acceptors (Lipinski definition) is 3. The average molecular weight is 239 g/mol. The van der Waals surface area contributed by atoms with Crippen LogP contribution in [0.2, 0.25) is 0 Å². The minimum atomic E-state index is -0.320. The van der Waals surface area contributed by atoms with Crippen molar-refractivity contribution in [1.82, 2.24) is 4.98 Å². The Morgan fingerprint density at radius 3 is 2.56 bits per heavy atom. The zero-order chi connectivity index (χ0) is 12.8. The standard InChI is InChI=1S/C15H13NO2/c1-12(17)18-15-5-3-2-4-14(15)7-6-13-8-10-16-11-9-13/h2-11H,1H3. The predicted molar refractivity (Wildman–Crippen MR) is 70.9 cm³/mol. The number of esters is 1. The largest absolute Gasteiger partial charge is 0.426 e. The van der Waals surface area contributed by atoms with Gasteiger partial charge in [0.05, 0.1) is 0 Å². The lowest BCUT2D eigenvalue weighted by molar-refractivity contribution is -0.131. The Morgan fingerprint density at radius 2 is 1.83 bits per heavy atom. The fourth-order valence-electron chi connectivity index (χ4n) is 1.53. The Hall–Kier alpha value is -2.42. The molecule has 0 aliphatic carbocycles. The highest BCUT2D eigenvalue weighted by Gasteiger charge is 2.01. The van der Waals surface area contributed by atoms with Crippen LogP contribution >= 0.6 is 0 Å². The molecule has 2 aromatic rings. The normalized spacial score (nSPS) is 10.5. The first kappa shape index (κ1) is 12.0. The van der Waals surface area contributed by atoms with E-state index >= 15 is 0 Å². The van der Waals surface area contributed by atoms with Crippen molar-refractivity contribution in [3.8, 4) is 5.75 Å². The lowest BCUT2D eigenvalue weighted by Crippen LogP contribution is -2.02. The lowest BCUT2D eigenvalue weighted by atomic mass is 10.1. The molecule has 2 rings (SSSR count). The highest BCUT2D eigenvalue weighted by atomic mass is 16.5. The van der Waals surface area contributed by atoms with Gasteiger partial charge in [-0.25, -0.2) is 0 Å². The van der Waals surface area contributed by atoms with Crippen molar-refractivity contribution >= 4 is 18.1 Å². The fourth-order valence-corrected chi connectivity index (χ4v) is 1.53. The number of benzene rings is 1. The van der Waals surface area contributed by atoms with Gasteiger partial charge in [0.15, 0.2) is 0 Å². The van der Waals surface area contributed by atoms with Crippen LogP contribution in [0.1, 0.15) is 18.1 Å². The Morgan fingerprint density at radius 1 is 1.11 bits per heavy atom. The van der Waals surface area contributed by atoms with E-state index in [4.69, 9.17) is 4.74 Å². The Bertz CT molecular complexity index is 562. The fraction of sp³-hybridized carbons (Fsp3) is 0.0667. The van der Waals surface area contributed by atoms with Crippen LogP contribution in [-0.2, 0) is 4.79 Å². The number of para-hydroxylation sites is 1. The second kappa shape index (κ2) is 5.77. The molecule has 0 saturated carbocycles. The van der Waals surface area contributed by atoms with Crippen LogP contribution in [0.25, 0.3) is 12.2 Å². The summed E-state index contributed by atoms with van der Waals surface area (Å²) in [5.41, 5.74) is 1.91. The van der Waals surface area contributed by atoms with Crippen molar-refractivity contribution in [1.29, 1.82) is 0 Å². The molecule has 0 unspecified atom stereocenters. The van der Waals surface area contributed by atoms with Gasteiger partial charge >= 0.3 is 5.97 Å². The van der Waals surface area contributed by atoms with Gasteiger partial charge in [-0.3, -0.25) is 9.78 Å². The number of carbonyl (C=O) groups is 1. The minimum Gasteiger partial charge on any atom is -0.426 e. The van der Waals surface area contributed by atoms with Crippen LogP contribution in [0, 0.1) is 0 Å². The summed E-state index contributed by atoms with van der Waals surface area (Å²) >= 11 is 0. The molecule has 0 aliphatic heterocycles. The summed E-state index contributed by atoms with van der Waals surface area (Å²) in [6, 6.07) is 11.2. The summed E-state index contributed by atoms with van der Waals surface area (Å²) in [6.45, 7) is 1.39. The first-order valence-electron chi connectivity index (χ1n) is 5.61. The van der Waals surface area contributed by atoms with Gasteiger partial charge in [-0.05, 0) is 23.8 Å². The molecule has 0 fully saturated rings. The van der Waals surface area contributed by atoms with Crippen molar-refractivity contribution in [2.45, 2.75) is 6.92 Å². The summed E-state index contributed by atoms with van der Waals surface area (Å²) in [6.07, 6.45) is 7.33. The van der Waals surface area contributed by atoms with Crippen molar-refractivity contribution in [2.24, 2.45) is 0 Å². The number of hydrogen-bond donors (Lipinski definition) is 0. The summed E-state index contributed by atoms with van der Waals surface area (Å²) in [4.78, 5) is 14.9. The topological polar surface area (TPSA) is 39.2 Å². The smallest absolute Gasteiger partial charge is 0.308 e. The number of ether oxygens (including phenoxy) is 1. The molecule has 0 aliphatic rings. The van der Waals surface area contributed by atoms with E-state index in [-0.39, 0.29) is 5.97 Å². The quantitative estimate of drug-likeness (QED) is 0.610. The van der Waals surface area contributed by atoms with E-state index in [9.17, 15) is 4.79 Å². The molecule has 0 amide bonds. The van der Waals surface area contributed by atoms with E-state index in [0.717, 1.165) is 11.1 Å².